The quantitative estimate of drug-likeness (QED) is 0.492. The Morgan fingerprint density at radius 2 is 1.71 bits per heavy atom. The van der Waals surface area contributed by atoms with Gasteiger partial charge in [-0.2, -0.15) is 27.1 Å². The van der Waals surface area contributed by atoms with Crippen molar-refractivity contribution in [3.05, 3.63) is 36.2 Å². The molecule has 5 nitrogen and oxygen atoms in total. The molecule has 0 aliphatic rings. The van der Waals surface area contributed by atoms with Crippen LogP contribution in [0.2, 0.25) is 0 Å². The topological polar surface area (TPSA) is 47.4 Å². The van der Waals surface area contributed by atoms with E-state index in [1.54, 1.807) is 0 Å². The molecule has 0 aliphatic carbocycles. The van der Waals surface area contributed by atoms with Gasteiger partial charge in [0.05, 0.1) is 11.4 Å². The minimum Gasteiger partial charge on any atom is -0.428 e. The minimum absolute atomic E-state index is 0.0556. The van der Waals surface area contributed by atoms with Crippen molar-refractivity contribution in [2.45, 2.75) is 24.9 Å². The Balaban J connectivity index is 2.49. The van der Waals surface area contributed by atoms with Crippen LogP contribution in [-0.4, -0.2) is 34.6 Å². The third-order valence-corrected chi connectivity index (χ3v) is 3.36. The summed E-state index contributed by atoms with van der Waals surface area (Å²) in [6.45, 7) is 0. The van der Waals surface area contributed by atoms with Crippen molar-refractivity contribution < 1.29 is 44.7 Å². The molecule has 1 unspecified atom stereocenters. The Labute approximate surface area is 152 Å². The van der Waals surface area contributed by atoms with Crippen molar-refractivity contribution in [3.8, 4) is 5.75 Å². The summed E-state index contributed by atoms with van der Waals surface area (Å²) >= 11 is 0. The Morgan fingerprint density at radius 1 is 1.11 bits per heavy atom. The maximum Gasteiger partial charge on any atom is 0.439 e. The summed E-state index contributed by atoms with van der Waals surface area (Å²) in [5.41, 5.74) is -2.05. The molecule has 1 amide bonds. The lowest BCUT2D eigenvalue weighted by Crippen LogP contribution is -2.45. The van der Waals surface area contributed by atoms with Gasteiger partial charge in [0.25, 0.3) is 12.6 Å². The zero-order valence-electron chi connectivity index (χ0n) is 13.8. The maximum absolute atomic E-state index is 13.6. The van der Waals surface area contributed by atoms with E-state index in [0.717, 1.165) is 29.1 Å². The van der Waals surface area contributed by atoms with Gasteiger partial charge in [0.2, 0.25) is 6.41 Å². The number of hydrogen-bond donors (Lipinski definition) is 0. The fourth-order valence-corrected chi connectivity index (χ4v) is 2.21. The standard InChI is InChI=1S/C15H11F8N3O2/c1-25-6-9(11(24-25)12(16)17)26(7-27)8-4-2-3-5-10(8)28-15(22,23)13(18)14(19,20)21/h2-7,12-13H,1H3. The highest BCUT2D eigenvalue weighted by Crippen LogP contribution is 2.41. The Hall–Kier alpha value is -2.86. The number of aryl methyl sites for hydroxylation is 1. The van der Waals surface area contributed by atoms with E-state index in [1.165, 1.54) is 13.1 Å². The molecule has 1 atom stereocenters. The highest BCUT2D eigenvalue weighted by Gasteiger charge is 2.59. The van der Waals surface area contributed by atoms with E-state index < -0.39 is 47.7 Å². The van der Waals surface area contributed by atoms with Crippen molar-refractivity contribution in [1.82, 2.24) is 9.78 Å². The van der Waals surface area contributed by atoms with Crippen molar-refractivity contribution in [2.75, 3.05) is 4.90 Å². The van der Waals surface area contributed by atoms with Crippen LogP contribution in [0.25, 0.3) is 0 Å². The van der Waals surface area contributed by atoms with Crippen LogP contribution in [0.1, 0.15) is 12.1 Å². The molecule has 0 aliphatic heterocycles. The number of anilines is 2. The van der Waals surface area contributed by atoms with E-state index in [9.17, 15) is 39.9 Å². The summed E-state index contributed by atoms with van der Waals surface area (Å²) in [5.74, 6) is -1.05. The number of aromatic nitrogens is 2. The van der Waals surface area contributed by atoms with E-state index in [0.29, 0.717) is 4.90 Å². The van der Waals surface area contributed by atoms with Crippen molar-refractivity contribution in [3.63, 3.8) is 0 Å². The number of alkyl halides is 8. The molecule has 0 spiro atoms. The van der Waals surface area contributed by atoms with Gasteiger partial charge >= 0.3 is 12.3 Å². The average molecular weight is 417 g/mol. The molecule has 0 N–H and O–H groups in total. The van der Waals surface area contributed by atoms with Crippen LogP contribution in [0.4, 0.5) is 46.5 Å². The lowest BCUT2D eigenvalue weighted by molar-refractivity contribution is -0.304. The predicted molar refractivity (Wildman–Crippen MR) is 79.3 cm³/mol. The molecular formula is C15H11F8N3O2. The summed E-state index contributed by atoms with van der Waals surface area (Å²) < 4.78 is 108. The molecular weight excluding hydrogens is 406 g/mol. The van der Waals surface area contributed by atoms with Crippen LogP contribution >= 0.6 is 0 Å². The third-order valence-electron chi connectivity index (χ3n) is 3.36. The molecule has 0 saturated carbocycles. The van der Waals surface area contributed by atoms with Gasteiger partial charge < -0.3 is 4.74 Å². The summed E-state index contributed by atoms with van der Waals surface area (Å²) in [6.07, 6.45) is -18.2. The van der Waals surface area contributed by atoms with E-state index in [-0.39, 0.29) is 6.41 Å². The first-order valence-corrected chi connectivity index (χ1v) is 7.31. The van der Waals surface area contributed by atoms with Gasteiger partial charge in [-0.05, 0) is 12.1 Å². The lowest BCUT2D eigenvalue weighted by atomic mass is 10.2. The number of para-hydroxylation sites is 2. The highest BCUT2D eigenvalue weighted by atomic mass is 19.4. The molecule has 154 valence electrons. The van der Waals surface area contributed by atoms with Crippen LogP contribution in [0.5, 0.6) is 5.75 Å². The van der Waals surface area contributed by atoms with Gasteiger partial charge in [-0.3, -0.25) is 14.4 Å². The second-order valence-electron chi connectivity index (χ2n) is 5.39. The molecule has 0 saturated heterocycles. The third kappa shape index (κ3) is 4.34. The predicted octanol–water partition coefficient (Wildman–Crippen LogP) is 4.52. The van der Waals surface area contributed by atoms with Crippen LogP contribution < -0.4 is 9.64 Å². The number of benzene rings is 1. The van der Waals surface area contributed by atoms with Gasteiger partial charge in [-0.1, -0.05) is 12.1 Å². The number of ether oxygens (including phenoxy) is 1. The summed E-state index contributed by atoms with van der Waals surface area (Å²) in [6, 6.07) is 3.88. The molecule has 2 rings (SSSR count). The van der Waals surface area contributed by atoms with Crippen molar-refractivity contribution in [2.24, 2.45) is 7.05 Å². The van der Waals surface area contributed by atoms with Crippen LogP contribution in [0.3, 0.4) is 0 Å². The zero-order valence-corrected chi connectivity index (χ0v) is 13.8. The number of carbonyl (C=O) groups excluding carboxylic acids is 1. The molecule has 1 aromatic carbocycles. The van der Waals surface area contributed by atoms with Gasteiger partial charge in [0.15, 0.2) is 11.4 Å². The second-order valence-corrected chi connectivity index (χ2v) is 5.39. The summed E-state index contributed by atoms with van der Waals surface area (Å²) in [7, 11) is 1.24. The van der Waals surface area contributed by atoms with E-state index in [2.05, 4.69) is 9.84 Å². The number of nitrogens with zero attached hydrogens (tertiary/aromatic N) is 3. The Morgan fingerprint density at radius 3 is 2.25 bits per heavy atom. The van der Waals surface area contributed by atoms with Crippen molar-refractivity contribution >= 4 is 17.8 Å². The van der Waals surface area contributed by atoms with E-state index in [4.69, 9.17) is 0 Å². The number of carbonyl (C=O) groups is 1. The van der Waals surface area contributed by atoms with Gasteiger partial charge in [0.1, 0.15) is 0 Å². The Kier molecular flexibility index (Phi) is 5.85. The normalized spacial score (nSPS) is 13.5. The largest absolute Gasteiger partial charge is 0.439 e. The number of rotatable bonds is 7. The molecule has 0 fully saturated rings. The molecule has 0 bridgehead atoms. The first kappa shape index (κ1) is 21.4. The molecule has 1 aromatic heterocycles. The summed E-state index contributed by atoms with van der Waals surface area (Å²) in [4.78, 5) is 11.9. The van der Waals surface area contributed by atoms with E-state index >= 15 is 0 Å². The van der Waals surface area contributed by atoms with Crippen LogP contribution in [-0.2, 0) is 11.8 Å². The monoisotopic (exact) mass is 417 g/mol. The average Bonchev–Trinajstić information content (AvgIpc) is 2.97. The molecule has 28 heavy (non-hydrogen) atoms. The number of halogens is 8. The fourth-order valence-electron chi connectivity index (χ4n) is 2.21. The first-order chi connectivity index (χ1) is 12.9. The zero-order chi connectivity index (χ0) is 21.3. The van der Waals surface area contributed by atoms with E-state index in [1.807, 2.05) is 0 Å². The van der Waals surface area contributed by atoms with Gasteiger partial charge in [-0.15, -0.1) is 0 Å². The molecule has 1 heterocycles. The molecule has 0 radical (unpaired) electrons. The SMILES string of the molecule is Cn1cc(N(C=O)c2ccccc2OC(F)(F)C(F)C(F)(F)F)c(C(F)F)n1. The smallest absolute Gasteiger partial charge is 0.428 e. The molecule has 13 heteroatoms. The van der Waals surface area contributed by atoms with Gasteiger partial charge in [0, 0.05) is 13.2 Å². The number of amides is 1. The fraction of sp³-hybridized carbons (Fsp3) is 0.333. The second kappa shape index (κ2) is 7.64. The van der Waals surface area contributed by atoms with Gasteiger partial charge in [-0.25, -0.2) is 13.2 Å². The lowest BCUT2D eigenvalue weighted by Gasteiger charge is -2.26. The van der Waals surface area contributed by atoms with Crippen LogP contribution in [0, 0.1) is 0 Å². The first-order valence-electron chi connectivity index (χ1n) is 7.31. The molecule has 2 aromatic rings. The number of hydrogen-bond acceptors (Lipinski definition) is 3. The van der Waals surface area contributed by atoms with Crippen LogP contribution in [0.15, 0.2) is 30.5 Å². The Bertz CT molecular complexity index is 837. The van der Waals surface area contributed by atoms with Crippen molar-refractivity contribution in [1.29, 1.82) is 0 Å². The summed E-state index contributed by atoms with van der Waals surface area (Å²) in [5, 5.41) is 3.44. The minimum atomic E-state index is -5.92. The highest BCUT2D eigenvalue weighted by molar-refractivity contribution is 5.89. The maximum atomic E-state index is 13.6.